The molecule has 2 atom stereocenters. The maximum atomic E-state index is 12.0. The van der Waals surface area contributed by atoms with Crippen LogP contribution in [0.3, 0.4) is 0 Å². The average molecular weight is 385 g/mol. The zero-order valence-corrected chi connectivity index (χ0v) is 16.1. The van der Waals surface area contributed by atoms with E-state index in [1.165, 1.54) is 25.5 Å². The lowest BCUT2D eigenvalue weighted by Gasteiger charge is -2.28. The van der Waals surface area contributed by atoms with Crippen molar-refractivity contribution in [2.75, 3.05) is 23.8 Å². The van der Waals surface area contributed by atoms with E-state index in [2.05, 4.69) is 22.9 Å². The van der Waals surface area contributed by atoms with Crippen LogP contribution in [0.4, 0.5) is 16.2 Å². The summed E-state index contributed by atoms with van der Waals surface area (Å²) in [7, 11) is 0. The number of hydrogen-bond donors (Lipinski definition) is 3. The minimum Gasteiger partial charge on any atom is -0.459 e. The van der Waals surface area contributed by atoms with Gasteiger partial charge in [-0.1, -0.05) is 19.8 Å². The van der Waals surface area contributed by atoms with Gasteiger partial charge in [0.25, 0.3) is 5.91 Å². The van der Waals surface area contributed by atoms with Gasteiger partial charge in [0, 0.05) is 17.9 Å². The molecule has 3 rings (SSSR count). The van der Waals surface area contributed by atoms with Crippen LogP contribution in [-0.2, 0) is 4.74 Å². The molecule has 1 aliphatic carbocycles. The number of ether oxygens (including phenoxy) is 1. The summed E-state index contributed by atoms with van der Waals surface area (Å²) in [5.74, 6) is 0.511. The summed E-state index contributed by atoms with van der Waals surface area (Å²) in [6.07, 6.45) is 6.59. The molecular weight excluding hydrogens is 358 g/mol. The van der Waals surface area contributed by atoms with E-state index in [9.17, 15) is 9.59 Å². The van der Waals surface area contributed by atoms with Gasteiger partial charge in [-0.2, -0.15) is 0 Å². The first kappa shape index (κ1) is 19.9. The lowest BCUT2D eigenvalue weighted by molar-refractivity contribution is -0.00232. The number of benzene rings is 1. The van der Waals surface area contributed by atoms with Crippen molar-refractivity contribution in [2.45, 2.75) is 38.7 Å². The molecule has 3 amide bonds. The first-order valence-electron chi connectivity index (χ1n) is 9.73. The van der Waals surface area contributed by atoms with E-state index in [4.69, 9.17) is 9.15 Å². The number of carbonyl (C=O) groups excluding carboxylic acids is 2. The molecule has 2 aromatic rings. The van der Waals surface area contributed by atoms with Gasteiger partial charge in [-0.3, -0.25) is 4.79 Å². The zero-order chi connectivity index (χ0) is 19.8. The van der Waals surface area contributed by atoms with Crippen molar-refractivity contribution in [1.29, 1.82) is 0 Å². The quantitative estimate of drug-likeness (QED) is 0.621. The summed E-state index contributed by atoms with van der Waals surface area (Å²) in [5, 5.41) is 8.28. The van der Waals surface area contributed by atoms with Gasteiger partial charge in [0.05, 0.1) is 19.0 Å². The number of furan rings is 1. The molecule has 1 aliphatic rings. The van der Waals surface area contributed by atoms with Crippen LogP contribution in [0.5, 0.6) is 0 Å². The van der Waals surface area contributed by atoms with Gasteiger partial charge in [0.15, 0.2) is 5.76 Å². The molecular formula is C21H27N3O4. The van der Waals surface area contributed by atoms with Crippen LogP contribution in [0.25, 0.3) is 0 Å². The van der Waals surface area contributed by atoms with Crippen LogP contribution in [0.2, 0.25) is 0 Å². The average Bonchev–Trinajstić information content (AvgIpc) is 3.23. The molecule has 0 saturated heterocycles. The molecule has 0 bridgehead atoms. The number of urea groups is 1. The highest BCUT2D eigenvalue weighted by atomic mass is 16.5. The van der Waals surface area contributed by atoms with Gasteiger partial charge in [-0.15, -0.1) is 0 Å². The SMILES string of the molecule is C[C@@H]1CCCC[C@H]1OCCNC(=O)Nc1ccc(NC(=O)c2ccco2)cc1. The van der Waals surface area contributed by atoms with E-state index in [1.807, 2.05) is 0 Å². The highest BCUT2D eigenvalue weighted by Gasteiger charge is 2.21. The molecule has 150 valence electrons. The third-order valence-corrected chi connectivity index (χ3v) is 4.90. The lowest BCUT2D eigenvalue weighted by Crippen LogP contribution is -2.34. The fourth-order valence-corrected chi connectivity index (χ4v) is 3.32. The molecule has 1 aromatic heterocycles. The van der Waals surface area contributed by atoms with E-state index in [1.54, 1.807) is 36.4 Å². The second-order valence-electron chi connectivity index (χ2n) is 7.06. The molecule has 0 unspecified atom stereocenters. The molecule has 3 N–H and O–H groups in total. The second kappa shape index (κ2) is 9.94. The molecule has 28 heavy (non-hydrogen) atoms. The number of hydrogen-bond acceptors (Lipinski definition) is 4. The van der Waals surface area contributed by atoms with E-state index >= 15 is 0 Å². The monoisotopic (exact) mass is 385 g/mol. The Kier molecular flexibility index (Phi) is 7.08. The number of nitrogens with one attached hydrogen (secondary N) is 3. The zero-order valence-electron chi connectivity index (χ0n) is 16.1. The van der Waals surface area contributed by atoms with Gasteiger partial charge >= 0.3 is 6.03 Å². The Balaban J connectivity index is 1.36. The van der Waals surface area contributed by atoms with Crippen molar-refractivity contribution in [3.05, 3.63) is 48.4 Å². The normalized spacial score (nSPS) is 19.0. The van der Waals surface area contributed by atoms with Crippen molar-refractivity contribution in [2.24, 2.45) is 5.92 Å². The van der Waals surface area contributed by atoms with E-state index in [-0.39, 0.29) is 17.7 Å². The molecule has 0 aliphatic heterocycles. The Hall–Kier alpha value is -2.80. The molecule has 1 heterocycles. The molecule has 0 radical (unpaired) electrons. The predicted molar refractivity (Wildman–Crippen MR) is 107 cm³/mol. The summed E-state index contributed by atoms with van der Waals surface area (Å²) in [5.41, 5.74) is 1.25. The van der Waals surface area contributed by atoms with Crippen LogP contribution in [0.15, 0.2) is 47.1 Å². The highest BCUT2D eigenvalue weighted by molar-refractivity contribution is 6.02. The molecule has 0 spiro atoms. The van der Waals surface area contributed by atoms with Gasteiger partial charge in [0.2, 0.25) is 0 Å². The van der Waals surface area contributed by atoms with Crippen molar-refractivity contribution < 1.29 is 18.7 Å². The first-order chi connectivity index (χ1) is 13.6. The molecule has 1 fully saturated rings. The maximum Gasteiger partial charge on any atom is 0.319 e. The standard InChI is InChI=1S/C21H27N3O4/c1-15-5-2-3-6-18(15)28-14-12-22-21(26)24-17-10-8-16(9-11-17)23-20(25)19-7-4-13-27-19/h4,7-11,13,15,18H,2-3,5-6,12,14H2,1H3,(H,23,25)(H2,22,24,26)/t15-,18-/m1/s1. The van der Waals surface area contributed by atoms with Crippen LogP contribution in [0.1, 0.15) is 43.2 Å². The topological polar surface area (TPSA) is 92.6 Å². The van der Waals surface area contributed by atoms with Crippen LogP contribution in [-0.4, -0.2) is 31.2 Å². The molecule has 1 saturated carbocycles. The lowest BCUT2D eigenvalue weighted by atomic mass is 9.88. The molecule has 7 heteroatoms. The Bertz CT molecular complexity index is 758. The van der Waals surface area contributed by atoms with Crippen LogP contribution in [0, 0.1) is 5.92 Å². The van der Waals surface area contributed by atoms with Gasteiger partial charge < -0.3 is 25.1 Å². The number of carbonyl (C=O) groups is 2. The van der Waals surface area contributed by atoms with Gasteiger partial charge in [-0.05, 0) is 55.2 Å². The van der Waals surface area contributed by atoms with Crippen LogP contribution >= 0.6 is 0 Å². The van der Waals surface area contributed by atoms with Crippen molar-refractivity contribution in [3.63, 3.8) is 0 Å². The Labute approximate surface area is 164 Å². The van der Waals surface area contributed by atoms with Gasteiger partial charge in [0.1, 0.15) is 0 Å². The minimum absolute atomic E-state index is 0.242. The van der Waals surface area contributed by atoms with E-state index in [0.717, 1.165) is 6.42 Å². The summed E-state index contributed by atoms with van der Waals surface area (Å²) >= 11 is 0. The Morgan fingerprint density at radius 3 is 2.46 bits per heavy atom. The van der Waals surface area contributed by atoms with Crippen LogP contribution < -0.4 is 16.0 Å². The minimum atomic E-state index is -0.323. The van der Waals surface area contributed by atoms with Crippen molar-refractivity contribution in [3.8, 4) is 0 Å². The van der Waals surface area contributed by atoms with Crippen molar-refractivity contribution >= 4 is 23.3 Å². The smallest absolute Gasteiger partial charge is 0.319 e. The summed E-state index contributed by atoms with van der Waals surface area (Å²) in [6, 6.07) is 9.83. The summed E-state index contributed by atoms with van der Waals surface area (Å²) < 4.78 is 10.9. The second-order valence-corrected chi connectivity index (χ2v) is 7.06. The Morgan fingerprint density at radius 1 is 1.07 bits per heavy atom. The predicted octanol–water partition coefficient (Wildman–Crippen LogP) is 4.25. The third kappa shape index (κ3) is 5.85. The fourth-order valence-electron chi connectivity index (χ4n) is 3.32. The number of amides is 3. The first-order valence-corrected chi connectivity index (χ1v) is 9.73. The summed E-state index contributed by atoms with van der Waals surface area (Å²) in [6.45, 7) is 3.21. The Morgan fingerprint density at radius 2 is 1.79 bits per heavy atom. The van der Waals surface area contributed by atoms with Gasteiger partial charge in [-0.25, -0.2) is 4.79 Å². The van der Waals surface area contributed by atoms with E-state index in [0.29, 0.717) is 36.5 Å². The maximum absolute atomic E-state index is 12.0. The van der Waals surface area contributed by atoms with Crippen molar-refractivity contribution in [1.82, 2.24) is 5.32 Å². The highest BCUT2D eigenvalue weighted by Crippen LogP contribution is 2.26. The molecule has 1 aromatic carbocycles. The largest absolute Gasteiger partial charge is 0.459 e. The number of anilines is 2. The van der Waals surface area contributed by atoms with E-state index < -0.39 is 0 Å². The molecule has 7 nitrogen and oxygen atoms in total. The number of rotatable bonds is 7. The fraction of sp³-hybridized carbons (Fsp3) is 0.429. The summed E-state index contributed by atoms with van der Waals surface area (Å²) in [4.78, 5) is 23.9. The third-order valence-electron chi connectivity index (χ3n) is 4.90.